The fraction of sp³-hybridized carbons (Fsp3) is 0.290. The fourth-order valence-corrected chi connectivity index (χ4v) is 5.82. The molecule has 0 aliphatic carbocycles. The molecule has 0 bridgehead atoms. The lowest BCUT2D eigenvalue weighted by Gasteiger charge is -2.18. The predicted octanol–water partition coefficient (Wildman–Crippen LogP) is 6.80. The van der Waals surface area contributed by atoms with Crippen LogP contribution in [0.4, 0.5) is 5.00 Å². The van der Waals surface area contributed by atoms with Gasteiger partial charge in [0.05, 0.1) is 33.8 Å². The quantitative estimate of drug-likeness (QED) is 0.247. The standard InChI is InChI=1S/C31H33N3O4S/c1-7-34(8-2)30(36)27-20(6)25(31(37)38-9-3)29(39-27)33-28(35)24-19(5)26(21-16-14-18(4)15-17-21)32-23-13-11-10-12-22(23)24/h10-17H,7-9H2,1-6H3,(H,33,35). The molecule has 7 nitrogen and oxygen atoms in total. The van der Waals surface area contributed by atoms with Gasteiger partial charge in [-0.1, -0.05) is 48.0 Å². The number of thiophene rings is 1. The number of amides is 2. The van der Waals surface area contributed by atoms with Crippen LogP contribution in [0.25, 0.3) is 22.2 Å². The topological polar surface area (TPSA) is 88.6 Å². The van der Waals surface area contributed by atoms with Crippen LogP contribution in [0.3, 0.4) is 0 Å². The number of carbonyl (C=O) groups is 3. The van der Waals surface area contributed by atoms with Crippen molar-refractivity contribution in [2.75, 3.05) is 25.0 Å². The first-order valence-electron chi connectivity index (χ1n) is 13.1. The first-order valence-corrected chi connectivity index (χ1v) is 13.9. The maximum atomic E-state index is 14.0. The van der Waals surface area contributed by atoms with Crippen molar-refractivity contribution < 1.29 is 19.1 Å². The number of aromatic nitrogens is 1. The number of nitrogens with one attached hydrogen (secondary N) is 1. The Balaban J connectivity index is 1.85. The number of fused-ring (bicyclic) bond motifs is 1. The molecule has 0 aliphatic rings. The van der Waals surface area contributed by atoms with Crippen LogP contribution < -0.4 is 5.32 Å². The molecular weight excluding hydrogens is 510 g/mol. The van der Waals surface area contributed by atoms with Gasteiger partial charge in [0.25, 0.3) is 11.8 Å². The van der Waals surface area contributed by atoms with Crippen LogP contribution >= 0.6 is 11.3 Å². The van der Waals surface area contributed by atoms with E-state index in [4.69, 9.17) is 9.72 Å². The second-order valence-electron chi connectivity index (χ2n) is 9.26. The van der Waals surface area contributed by atoms with Gasteiger partial charge in [0.1, 0.15) is 5.00 Å². The number of carbonyl (C=O) groups excluding carboxylic acids is 3. The molecule has 2 aromatic carbocycles. The minimum Gasteiger partial charge on any atom is -0.462 e. The highest BCUT2D eigenvalue weighted by atomic mass is 32.1. The largest absolute Gasteiger partial charge is 0.462 e. The highest BCUT2D eigenvalue weighted by molar-refractivity contribution is 7.18. The summed E-state index contributed by atoms with van der Waals surface area (Å²) in [6.45, 7) is 12.4. The summed E-state index contributed by atoms with van der Waals surface area (Å²) in [4.78, 5) is 47.2. The van der Waals surface area contributed by atoms with E-state index >= 15 is 0 Å². The van der Waals surface area contributed by atoms with Crippen molar-refractivity contribution in [1.29, 1.82) is 0 Å². The van der Waals surface area contributed by atoms with E-state index in [0.717, 1.165) is 28.0 Å². The van der Waals surface area contributed by atoms with Crippen LogP contribution in [0, 0.1) is 20.8 Å². The summed E-state index contributed by atoms with van der Waals surface area (Å²) in [7, 11) is 0. The first kappa shape index (κ1) is 28.0. The Morgan fingerprint density at radius 1 is 0.897 bits per heavy atom. The number of para-hydroxylation sites is 1. The van der Waals surface area contributed by atoms with Crippen molar-refractivity contribution in [3.63, 3.8) is 0 Å². The number of anilines is 1. The highest BCUT2D eigenvalue weighted by Gasteiger charge is 2.29. The molecule has 2 amide bonds. The summed E-state index contributed by atoms with van der Waals surface area (Å²) in [5.74, 6) is -1.13. The minimum atomic E-state index is -0.572. The molecular formula is C31H33N3O4S. The molecule has 0 spiro atoms. The summed E-state index contributed by atoms with van der Waals surface area (Å²) < 4.78 is 5.30. The molecule has 8 heteroatoms. The maximum absolute atomic E-state index is 14.0. The number of ether oxygens (including phenoxy) is 1. The van der Waals surface area contributed by atoms with Crippen molar-refractivity contribution in [1.82, 2.24) is 9.88 Å². The Labute approximate surface area is 232 Å². The normalized spacial score (nSPS) is 10.9. The summed E-state index contributed by atoms with van der Waals surface area (Å²) in [6, 6.07) is 15.5. The molecule has 1 N–H and O–H groups in total. The average molecular weight is 544 g/mol. The van der Waals surface area contributed by atoms with Crippen LogP contribution in [0.2, 0.25) is 0 Å². The molecule has 0 saturated heterocycles. The van der Waals surface area contributed by atoms with Gasteiger partial charge in [-0.05, 0) is 58.7 Å². The van der Waals surface area contributed by atoms with Gasteiger partial charge in [-0.25, -0.2) is 9.78 Å². The Kier molecular flexibility index (Phi) is 8.45. The Morgan fingerprint density at radius 2 is 1.56 bits per heavy atom. The van der Waals surface area contributed by atoms with E-state index in [1.165, 1.54) is 0 Å². The molecule has 39 heavy (non-hydrogen) atoms. The fourth-order valence-electron chi connectivity index (χ4n) is 4.67. The van der Waals surface area contributed by atoms with Gasteiger partial charge in [-0.3, -0.25) is 9.59 Å². The number of nitrogens with zero attached hydrogens (tertiary/aromatic N) is 2. The van der Waals surface area contributed by atoms with Crippen LogP contribution in [0.5, 0.6) is 0 Å². The monoisotopic (exact) mass is 543 g/mol. The van der Waals surface area contributed by atoms with Gasteiger partial charge < -0.3 is 15.0 Å². The molecule has 0 saturated carbocycles. The molecule has 2 aromatic heterocycles. The molecule has 0 aliphatic heterocycles. The molecule has 0 fully saturated rings. The van der Waals surface area contributed by atoms with E-state index in [0.29, 0.717) is 50.7 Å². The summed E-state index contributed by atoms with van der Waals surface area (Å²) >= 11 is 1.10. The Hall–Kier alpha value is -4.04. The number of hydrogen-bond donors (Lipinski definition) is 1. The third-order valence-electron chi connectivity index (χ3n) is 6.79. The van der Waals surface area contributed by atoms with Crippen LogP contribution in [-0.4, -0.2) is 47.4 Å². The minimum absolute atomic E-state index is 0.175. The third kappa shape index (κ3) is 5.43. The van der Waals surface area contributed by atoms with Gasteiger partial charge in [-0.15, -0.1) is 11.3 Å². The van der Waals surface area contributed by atoms with Crippen molar-refractivity contribution in [2.24, 2.45) is 0 Å². The lowest BCUT2D eigenvalue weighted by Crippen LogP contribution is -2.30. The summed E-state index contributed by atoms with van der Waals surface area (Å²) in [5.41, 5.74) is 5.34. The molecule has 0 atom stereocenters. The molecule has 0 unspecified atom stereocenters. The van der Waals surface area contributed by atoms with E-state index in [-0.39, 0.29) is 24.0 Å². The van der Waals surface area contributed by atoms with Crippen molar-refractivity contribution >= 4 is 45.0 Å². The van der Waals surface area contributed by atoms with Crippen LogP contribution in [-0.2, 0) is 4.74 Å². The van der Waals surface area contributed by atoms with Gasteiger partial charge in [0.2, 0.25) is 0 Å². The molecule has 202 valence electrons. The second-order valence-corrected chi connectivity index (χ2v) is 10.3. The average Bonchev–Trinajstić information content (AvgIpc) is 3.24. The number of benzene rings is 2. The van der Waals surface area contributed by atoms with E-state index in [1.807, 2.05) is 76.2 Å². The smallest absolute Gasteiger partial charge is 0.341 e. The van der Waals surface area contributed by atoms with Crippen LogP contribution in [0.1, 0.15) is 67.8 Å². The number of hydrogen-bond acceptors (Lipinski definition) is 6. The summed E-state index contributed by atoms with van der Waals surface area (Å²) in [6.07, 6.45) is 0. The van der Waals surface area contributed by atoms with E-state index in [1.54, 1.807) is 18.7 Å². The first-order chi connectivity index (χ1) is 18.7. The highest BCUT2D eigenvalue weighted by Crippen LogP contribution is 2.36. The van der Waals surface area contributed by atoms with E-state index in [2.05, 4.69) is 5.32 Å². The number of pyridine rings is 1. The molecule has 2 heterocycles. The second kappa shape index (κ2) is 11.8. The zero-order valence-electron chi connectivity index (χ0n) is 23.2. The number of rotatable bonds is 8. The zero-order chi connectivity index (χ0) is 28.3. The predicted molar refractivity (Wildman–Crippen MR) is 157 cm³/mol. The number of aryl methyl sites for hydroxylation is 1. The van der Waals surface area contributed by atoms with Crippen molar-refractivity contribution in [2.45, 2.75) is 41.5 Å². The maximum Gasteiger partial charge on any atom is 0.341 e. The Morgan fingerprint density at radius 3 is 2.21 bits per heavy atom. The zero-order valence-corrected chi connectivity index (χ0v) is 24.0. The van der Waals surface area contributed by atoms with Gasteiger partial charge in [0, 0.05) is 24.0 Å². The van der Waals surface area contributed by atoms with Gasteiger partial charge >= 0.3 is 5.97 Å². The van der Waals surface area contributed by atoms with Crippen LogP contribution in [0.15, 0.2) is 48.5 Å². The third-order valence-corrected chi connectivity index (χ3v) is 7.98. The van der Waals surface area contributed by atoms with Crippen molar-refractivity contribution in [3.05, 3.63) is 81.2 Å². The Bertz CT molecular complexity index is 1550. The lowest BCUT2D eigenvalue weighted by molar-refractivity contribution is 0.0527. The van der Waals surface area contributed by atoms with Gasteiger partial charge in [-0.2, -0.15) is 0 Å². The van der Waals surface area contributed by atoms with E-state index < -0.39 is 5.97 Å². The SMILES string of the molecule is CCOC(=O)c1c(NC(=O)c2c(C)c(-c3ccc(C)cc3)nc3ccccc23)sc(C(=O)N(CC)CC)c1C. The number of esters is 1. The van der Waals surface area contributed by atoms with Gasteiger partial charge in [0.15, 0.2) is 0 Å². The molecule has 4 rings (SSSR count). The summed E-state index contributed by atoms with van der Waals surface area (Å²) in [5, 5.41) is 3.96. The van der Waals surface area contributed by atoms with E-state index in [9.17, 15) is 14.4 Å². The lowest BCUT2D eigenvalue weighted by atomic mass is 9.96. The molecule has 0 radical (unpaired) electrons. The van der Waals surface area contributed by atoms with Crippen molar-refractivity contribution in [3.8, 4) is 11.3 Å². The molecule has 4 aromatic rings.